The molecule has 8 heteroatoms. The van der Waals surface area contributed by atoms with Crippen LogP contribution in [0, 0.1) is 11.6 Å². The highest BCUT2D eigenvalue weighted by atomic mass is 19.2. The van der Waals surface area contributed by atoms with E-state index in [1.807, 2.05) is 6.92 Å². The Kier molecular flexibility index (Phi) is 12.3. The van der Waals surface area contributed by atoms with Crippen LogP contribution in [0.25, 0.3) is 0 Å². The Labute approximate surface area is 167 Å². The highest BCUT2D eigenvalue weighted by Crippen LogP contribution is 2.23. The molecule has 0 saturated heterocycles. The summed E-state index contributed by atoms with van der Waals surface area (Å²) < 4.78 is 45.7. The van der Waals surface area contributed by atoms with Crippen LogP contribution < -0.4 is 10.2 Å². The fraction of sp³-hybridized carbons (Fsp3) is 0.700. The summed E-state index contributed by atoms with van der Waals surface area (Å²) in [7, 11) is -2.10. The molecule has 0 saturated carbocycles. The molecular formula is C20H33BF2O5. The molecule has 0 amide bonds. The number of benzene rings is 1. The molecule has 1 aromatic rings. The molecular weight excluding hydrogens is 369 g/mol. The summed E-state index contributed by atoms with van der Waals surface area (Å²) >= 11 is 0. The summed E-state index contributed by atoms with van der Waals surface area (Å²) in [4.78, 5) is 0. The van der Waals surface area contributed by atoms with Gasteiger partial charge in [0.1, 0.15) is 6.10 Å². The van der Waals surface area contributed by atoms with Gasteiger partial charge in [-0.2, -0.15) is 4.39 Å². The van der Waals surface area contributed by atoms with E-state index in [-0.39, 0.29) is 5.75 Å². The van der Waals surface area contributed by atoms with E-state index >= 15 is 0 Å². The van der Waals surface area contributed by atoms with Crippen molar-refractivity contribution in [3.8, 4) is 5.75 Å². The van der Waals surface area contributed by atoms with Gasteiger partial charge >= 0.3 is 7.12 Å². The van der Waals surface area contributed by atoms with Crippen molar-refractivity contribution in [1.82, 2.24) is 0 Å². The normalized spacial score (nSPS) is 13.4. The molecule has 0 radical (unpaired) electrons. The minimum atomic E-state index is -2.10. The van der Waals surface area contributed by atoms with Crippen LogP contribution >= 0.6 is 0 Å². The average molecular weight is 402 g/mol. The lowest BCUT2D eigenvalue weighted by Gasteiger charge is -2.27. The van der Waals surface area contributed by atoms with E-state index in [0.717, 1.165) is 44.6 Å². The predicted octanol–water partition coefficient (Wildman–Crippen LogP) is 3.54. The Balaban J connectivity index is 2.89. The summed E-state index contributed by atoms with van der Waals surface area (Å²) in [6.45, 7) is 7.06. The minimum absolute atomic E-state index is 0.349. The first-order chi connectivity index (χ1) is 13.5. The molecule has 2 N–H and O–H groups in total. The van der Waals surface area contributed by atoms with Gasteiger partial charge in [-0.3, -0.25) is 0 Å². The molecule has 0 heterocycles. The van der Waals surface area contributed by atoms with Gasteiger partial charge in [0.2, 0.25) is 6.29 Å². The standard InChI is InChI=1S/C20H33BF2O5/c1-4-7-9-13-26-16(6-3)20(27-14-10-8-5-2)28-17-12-11-15(21(24)25)18(22)19(17)23/h11-12,16,20,24-25H,4-10,13-14H2,1-3H3/t16?,20-/m0/s1. The zero-order valence-corrected chi connectivity index (χ0v) is 17.1. The van der Waals surface area contributed by atoms with Gasteiger partial charge < -0.3 is 24.3 Å². The molecule has 0 aliphatic rings. The van der Waals surface area contributed by atoms with Gasteiger partial charge in [-0.25, -0.2) is 4.39 Å². The fourth-order valence-electron chi connectivity index (χ4n) is 2.71. The molecule has 1 rings (SSSR count). The van der Waals surface area contributed by atoms with Gasteiger partial charge in [-0.1, -0.05) is 52.5 Å². The third kappa shape index (κ3) is 8.03. The highest BCUT2D eigenvalue weighted by Gasteiger charge is 2.27. The summed E-state index contributed by atoms with van der Waals surface area (Å²) in [6, 6.07) is 2.25. The monoisotopic (exact) mass is 402 g/mol. The van der Waals surface area contributed by atoms with Gasteiger partial charge in [0, 0.05) is 12.1 Å². The first-order valence-corrected chi connectivity index (χ1v) is 10.2. The zero-order chi connectivity index (χ0) is 20.9. The molecule has 0 aliphatic heterocycles. The van der Waals surface area contributed by atoms with Gasteiger partial charge in [0.15, 0.2) is 17.4 Å². The number of halogens is 2. The highest BCUT2D eigenvalue weighted by molar-refractivity contribution is 6.58. The molecule has 0 spiro atoms. The molecule has 2 atom stereocenters. The van der Waals surface area contributed by atoms with Crippen molar-refractivity contribution < 1.29 is 33.0 Å². The lowest BCUT2D eigenvalue weighted by Crippen LogP contribution is -2.38. The molecule has 0 bridgehead atoms. The molecule has 5 nitrogen and oxygen atoms in total. The van der Waals surface area contributed by atoms with Crippen molar-refractivity contribution in [2.24, 2.45) is 0 Å². The second-order valence-corrected chi connectivity index (χ2v) is 6.74. The van der Waals surface area contributed by atoms with E-state index < -0.39 is 36.6 Å². The smallest absolute Gasteiger partial charge is 0.459 e. The summed E-state index contributed by atoms with van der Waals surface area (Å²) in [6.07, 6.45) is 5.15. The number of ether oxygens (including phenoxy) is 3. The first kappa shape index (κ1) is 24.8. The number of hydrogen-bond acceptors (Lipinski definition) is 5. The topological polar surface area (TPSA) is 68.2 Å². The Morgan fingerprint density at radius 3 is 2.04 bits per heavy atom. The van der Waals surface area contributed by atoms with Crippen molar-refractivity contribution in [3.05, 3.63) is 23.8 Å². The molecule has 28 heavy (non-hydrogen) atoms. The summed E-state index contributed by atoms with van der Waals surface area (Å²) in [5.41, 5.74) is -0.548. The van der Waals surface area contributed by atoms with Crippen molar-refractivity contribution in [3.63, 3.8) is 0 Å². The number of unbranched alkanes of at least 4 members (excludes halogenated alkanes) is 4. The molecule has 0 aliphatic carbocycles. The van der Waals surface area contributed by atoms with Crippen LogP contribution in [0.2, 0.25) is 0 Å². The summed E-state index contributed by atoms with van der Waals surface area (Å²) in [5, 5.41) is 18.2. The first-order valence-electron chi connectivity index (χ1n) is 10.2. The van der Waals surface area contributed by atoms with Crippen LogP contribution in [0.4, 0.5) is 8.78 Å². The average Bonchev–Trinajstić information content (AvgIpc) is 2.67. The Bertz CT molecular complexity index is 560. The van der Waals surface area contributed by atoms with Crippen LogP contribution in [0.1, 0.15) is 65.7 Å². The Hall–Kier alpha value is -1.22. The van der Waals surface area contributed by atoms with Crippen LogP contribution in [-0.4, -0.2) is 42.8 Å². The Morgan fingerprint density at radius 2 is 1.50 bits per heavy atom. The number of hydrogen-bond donors (Lipinski definition) is 2. The van der Waals surface area contributed by atoms with E-state index in [1.54, 1.807) is 0 Å². The summed E-state index contributed by atoms with van der Waals surface area (Å²) in [5.74, 6) is -2.99. The zero-order valence-electron chi connectivity index (χ0n) is 17.1. The van der Waals surface area contributed by atoms with Gasteiger partial charge in [-0.15, -0.1) is 0 Å². The van der Waals surface area contributed by atoms with Crippen molar-refractivity contribution in [2.45, 2.75) is 78.1 Å². The Morgan fingerprint density at radius 1 is 0.893 bits per heavy atom. The van der Waals surface area contributed by atoms with E-state index in [9.17, 15) is 8.78 Å². The van der Waals surface area contributed by atoms with E-state index in [0.29, 0.717) is 19.6 Å². The second-order valence-electron chi connectivity index (χ2n) is 6.74. The maximum absolute atomic E-state index is 14.3. The molecule has 1 unspecified atom stereocenters. The van der Waals surface area contributed by atoms with Gasteiger partial charge in [0.25, 0.3) is 0 Å². The SMILES string of the molecule is CCCCCOC(CC)[C@@H](OCCCCC)Oc1ccc(B(O)O)c(F)c1F. The van der Waals surface area contributed by atoms with Crippen LogP contribution in [0.5, 0.6) is 5.75 Å². The van der Waals surface area contributed by atoms with Crippen molar-refractivity contribution in [1.29, 1.82) is 0 Å². The van der Waals surface area contributed by atoms with Crippen LogP contribution in [-0.2, 0) is 9.47 Å². The van der Waals surface area contributed by atoms with Crippen LogP contribution in [0.15, 0.2) is 12.1 Å². The lowest BCUT2D eigenvalue weighted by atomic mass is 9.80. The number of rotatable bonds is 15. The quantitative estimate of drug-likeness (QED) is 0.267. The maximum atomic E-state index is 14.3. The van der Waals surface area contributed by atoms with Crippen LogP contribution in [0.3, 0.4) is 0 Å². The molecule has 0 fully saturated rings. The predicted molar refractivity (Wildman–Crippen MR) is 106 cm³/mol. The van der Waals surface area contributed by atoms with Gasteiger partial charge in [0.05, 0.1) is 6.61 Å². The van der Waals surface area contributed by atoms with Crippen molar-refractivity contribution >= 4 is 12.6 Å². The third-order valence-corrected chi connectivity index (χ3v) is 4.41. The lowest BCUT2D eigenvalue weighted by molar-refractivity contribution is -0.166. The largest absolute Gasteiger partial charge is 0.491 e. The molecule has 160 valence electrons. The second kappa shape index (κ2) is 13.9. The van der Waals surface area contributed by atoms with Gasteiger partial charge in [-0.05, 0) is 25.3 Å². The van der Waals surface area contributed by atoms with E-state index in [1.165, 1.54) is 6.07 Å². The minimum Gasteiger partial charge on any atom is -0.459 e. The van der Waals surface area contributed by atoms with Crippen molar-refractivity contribution in [2.75, 3.05) is 13.2 Å². The maximum Gasteiger partial charge on any atom is 0.491 e. The van der Waals surface area contributed by atoms with E-state index in [4.69, 9.17) is 24.3 Å². The van der Waals surface area contributed by atoms with E-state index in [2.05, 4.69) is 13.8 Å². The molecule has 0 aromatic heterocycles. The molecule has 1 aromatic carbocycles. The fourth-order valence-corrected chi connectivity index (χ4v) is 2.71. The third-order valence-electron chi connectivity index (χ3n) is 4.41.